The van der Waals surface area contributed by atoms with Gasteiger partial charge in [0.25, 0.3) is 11.6 Å². The summed E-state index contributed by atoms with van der Waals surface area (Å²) in [6, 6.07) is 8.45. The summed E-state index contributed by atoms with van der Waals surface area (Å²) in [6.07, 6.45) is 6.50. The summed E-state index contributed by atoms with van der Waals surface area (Å²) < 4.78 is 10.5. The number of nitro groups is 1. The molecule has 2 rings (SSSR count). The first kappa shape index (κ1) is 19.8. The molecule has 0 saturated carbocycles. The fourth-order valence-corrected chi connectivity index (χ4v) is 2.33. The van der Waals surface area contributed by atoms with Gasteiger partial charge in [0.05, 0.1) is 23.3 Å². The molecular weight excluding hydrogens is 374 g/mol. The summed E-state index contributed by atoms with van der Waals surface area (Å²) in [4.78, 5) is 22.2. The van der Waals surface area contributed by atoms with Gasteiger partial charge < -0.3 is 9.47 Å². The molecule has 0 fully saturated rings. The molecular formula is C18H14ClN3O5. The highest BCUT2D eigenvalue weighted by Crippen LogP contribution is 2.35. The van der Waals surface area contributed by atoms with E-state index in [9.17, 15) is 14.9 Å². The largest absolute Gasteiger partial charge is 0.493 e. The number of carbonyl (C=O) groups is 1. The molecule has 0 aliphatic rings. The van der Waals surface area contributed by atoms with E-state index < -0.39 is 10.8 Å². The summed E-state index contributed by atoms with van der Waals surface area (Å²) in [5.74, 6) is 2.39. The lowest BCUT2D eigenvalue weighted by Crippen LogP contribution is -2.17. The fraction of sp³-hybridized carbons (Fsp3) is 0.111. The number of methoxy groups -OCH3 is 1. The number of halogens is 1. The number of amides is 1. The van der Waals surface area contributed by atoms with Crippen LogP contribution in [0.25, 0.3) is 0 Å². The number of terminal acetylenes is 1. The lowest BCUT2D eigenvalue weighted by atomic mass is 10.2. The Morgan fingerprint density at radius 2 is 2.22 bits per heavy atom. The van der Waals surface area contributed by atoms with Gasteiger partial charge in [0.15, 0.2) is 11.5 Å². The van der Waals surface area contributed by atoms with E-state index >= 15 is 0 Å². The highest BCUT2D eigenvalue weighted by molar-refractivity contribution is 6.32. The first-order valence-electron chi connectivity index (χ1n) is 7.48. The average molecular weight is 388 g/mol. The molecule has 2 aromatic rings. The summed E-state index contributed by atoms with van der Waals surface area (Å²) in [7, 11) is 1.44. The number of nitro benzene ring substituents is 1. The van der Waals surface area contributed by atoms with Crippen molar-refractivity contribution in [3.05, 3.63) is 62.7 Å². The van der Waals surface area contributed by atoms with Crippen LogP contribution < -0.4 is 14.9 Å². The van der Waals surface area contributed by atoms with Gasteiger partial charge in [0.2, 0.25) is 0 Å². The number of hydrogen-bond donors (Lipinski definition) is 1. The van der Waals surface area contributed by atoms with Crippen molar-refractivity contribution in [3.63, 3.8) is 0 Å². The molecule has 0 spiro atoms. The van der Waals surface area contributed by atoms with Gasteiger partial charge in [-0.1, -0.05) is 23.6 Å². The number of benzene rings is 2. The van der Waals surface area contributed by atoms with E-state index in [0.717, 1.165) is 6.07 Å². The van der Waals surface area contributed by atoms with Crippen molar-refractivity contribution in [2.24, 2.45) is 5.10 Å². The molecule has 0 atom stereocenters. The quantitative estimate of drug-likeness (QED) is 0.340. The molecule has 0 radical (unpaired) electrons. The number of hydrazone groups is 1. The Labute approximate surface area is 159 Å². The van der Waals surface area contributed by atoms with E-state index in [4.69, 9.17) is 27.5 Å². The molecule has 8 nitrogen and oxygen atoms in total. The van der Waals surface area contributed by atoms with Crippen LogP contribution in [0, 0.1) is 22.5 Å². The topological polar surface area (TPSA) is 103 Å². The highest BCUT2D eigenvalue weighted by Gasteiger charge is 2.12. The van der Waals surface area contributed by atoms with Gasteiger partial charge in [-0.25, -0.2) is 5.43 Å². The average Bonchev–Trinajstić information content (AvgIpc) is 2.66. The summed E-state index contributed by atoms with van der Waals surface area (Å²) in [5, 5.41) is 14.8. The maximum Gasteiger partial charge on any atom is 0.271 e. The second kappa shape index (κ2) is 9.22. The van der Waals surface area contributed by atoms with Crippen LogP contribution in [0.3, 0.4) is 0 Å². The SMILES string of the molecule is C#CCOc1c(Cl)cc(/C=N\NC(=O)c2cccc([N+](=O)[O-])c2)cc1OC. The monoisotopic (exact) mass is 387 g/mol. The predicted octanol–water partition coefficient (Wildman–Crippen LogP) is 3.03. The van der Waals surface area contributed by atoms with E-state index in [0.29, 0.717) is 17.1 Å². The zero-order valence-electron chi connectivity index (χ0n) is 14.1. The molecule has 138 valence electrons. The third kappa shape index (κ3) is 5.20. The van der Waals surface area contributed by atoms with E-state index in [1.54, 1.807) is 12.1 Å². The van der Waals surface area contributed by atoms with E-state index in [-0.39, 0.29) is 22.9 Å². The number of rotatable bonds is 7. The summed E-state index contributed by atoms with van der Waals surface area (Å²) >= 11 is 6.15. The molecule has 27 heavy (non-hydrogen) atoms. The maximum absolute atomic E-state index is 12.0. The minimum Gasteiger partial charge on any atom is -0.493 e. The van der Waals surface area contributed by atoms with Crippen molar-refractivity contribution in [2.75, 3.05) is 13.7 Å². The Kier molecular flexibility index (Phi) is 6.74. The van der Waals surface area contributed by atoms with Gasteiger partial charge in [-0.05, 0) is 23.8 Å². The van der Waals surface area contributed by atoms with Gasteiger partial charge >= 0.3 is 0 Å². The normalized spacial score (nSPS) is 10.3. The number of carbonyl (C=O) groups excluding carboxylic acids is 1. The molecule has 0 saturated heterocycles. The van der Waals surface area contributed by atoms with Gasteiger partial charge in [-0.15, -0.1) is 6.42 Å². The molecule has 0 aliphatic carbocycles. The van der Waals surface area contributed by atoms with Crippen molar-refractivity contribution < 1.29 is 19.2 Å². The lowest BCUT2D eigenvalue weighted by molar-refractivity contribution is -0.384. The Morgan fingerprint density at radius 1 is 1.44 bits per heavy atom. The zero-order chi connectivity index (χ0) is 19.8. The maximum atomic E-state index is 12.0. The molecule has 0 aromatic heterocycles. The van der Waals surface area contributed by atoms with Crippen molar-refractivity contribution in [3.8, 4) is 23.8 Å². The van der Waals surface area contributed by atoms with E-state index in [1.807, 2.05) is 0 Å². The molecule has 0 unspecified atom stereocenters. The fourth-order valence-electron chi connectivity index (χ4n) is 2.06. The van der Waals surface area contributed by atoms with Gasteiger partial charge in [-0.2, -0.15) is 5.10 Å². The lowest BCUT2D eigenvalue weighted by Gasteiger charge is -2.11. The van der Waals surface area contributed by atoms with Crippen LogP contribution in [-0.2, 0) is 0 Å². The van der Waals surface area contributed by atoms with E-state index in [2.05, 4.69) is 16.4 Å². The molecule has 0 heterocycles. The van der Waals surface area contributed by atoms with Crippen molar-refractivity contribution in [1.29, 1.82) is 0 Å². The minimum atomic E-state index is -0.595. The number of hydrogen-bond acceptors (Lipinski definition) is 6. The van der Waals surface area contributed by atoms with E-state index in [1.165, 1.54) is 31.5 Å². The number of non-ortho nitro benzene ring substituents is 1. The Morgan fingerprint density at radius 3 is 2.89 bits per heavy atom. The number of nitrogens with one attached hydrogen (secondary N) is 1. The standard InChI is InChI=1S/C18H14ClN3O5/c1-3-7-27-17-15(19)8-12(9-16(17)26-2)11-20-21-18(23)13-5-4-6-14(10-13)22(24)25/h1,4-6,8-11H,7H2,2H3,(H,21,23)/b20-11-. The van der Waals surface area contributed by atoms with Crippen LogP contribution in [0.2, 0.25) is 5.02 Å². The van der Waals surface area contributed by atoms with Crippen molar-refractivity contribution >= 4 is 29.4 Å². The molecule has 9 heteroatoms. The second-order valence-corrected chi connectivity index (χ2v) is 5.44. The summed E-state index contributed by atoms with van der Waals surface area (Å²) in [6.45, 7) is 0.0305. The number of ether oxygens (including phenoxy) is 2. The second-order valence-electron chi connectivity index (χ2n) is 5.03. The van der Waals surface area contributed by atoms with Gasteiger partial charge in [-0.3, -0.25) is 14.9 Å². The summed E-state index contributed by atoms with van der Waals surface area (Å²) in [5.41, 5.74) is 2.73. The number of nitrogens with zero attached hydrogens (tertiary/aromatic N) is 2. The Balaban J connectivity index is 2.13. The van der Waals surface area contributed by atoms with Gasteiger partial charge in [0, 0.05) is 17.7 Å². The van der Waals surface area contributed by atoms with Gasteiger partial charge in [0.1, 0.15) is 6.61 Å². The molecule has 1 amide bonds. The Hall–Kier alpha value is -3.57. The van der Waals surface area contributed by atoms with Crippen molar-refractivity contribution in [2.45, 2.75) is 0 Å². The first-order valence-corrected chi connectivity index (χ1v) is 7.85. The smallest absolute Gasteiger partial charge is 0.271 e. The molecule has 2 aromatic carbocycles. The molecule has 0 aliphatic heterocycles. The molecule has 0 bridgehead atoms. The Bertz CT molecular complexity index is 937. The minimum absolute atomic E-state index is 0.0305. The third-order valence-corrected chi connectivity index (χ3v) is 3.53. The third-order valence-electron chi connectivity index (χ3n) is 3.25. The van der Waals surface area contributed by atoms with Crippen molar-refractivity contribution in [1.82, 2.24) is 5.43 Å². The van der Waals surface area contributed by atoms with Crippen LogP contribution in [0.15, 0.2) is 41.5 Å². The van der Waals surface area contributed by atoms with Crippen LogP contribution >= 0.6 is 11.6 Å². The van der Waals surface area contributed by atoms with Crippen LogP contribution in [0.5, 0.6) is 11.5 Å². The highest BCUT2D eigenvalue weighted by atomic mass is 35.5. The van der Waals surface area contributed by atoms with Crippen LogP contribution in [0.4, 0.5) is 5.69 Å². The molecule has 1 N–H and O–H groups in total. The van der Waals surface area contributed by atoms with Crippen LogP contribution in [-0.4, -0.2) is 30.8 Å². The zero-order valence-corrected chi connectivity index (χ0v) is 14.9. The first-order chi connectivity index (χ1) is 13.0. The predicted molar refractivity (Wildman–Crippen MR) is 100 cm³/mol. The van der Waals surface area contributed by atoms with Crippen LogP contribution in [0.1, 0.15) is 15.9 Å².